The first kappa shape index (κ1) is 17.4. The third kappa shape index (κ3) is 3.95. The van der Waals surface area contributed by atoms with Crippen molar-refractivity contribution in [1.29, 1.82) is 0 Å². The van der Waals surface area contributed by atoms with E-state index in [4.69, 9.17) is 27.9 Å². The van der Waals surface area contributed by atoms with E-state index in [0.29, 0.717) is 23.9 Å². The lowest BCUT2D eigenvalue weighted by molar-refractivity contribution is 0.122. The zero-order chi connectivity index (χ0) is 17.2. The topological polar surface area (TPSA) is 58.6 Å². The number of halogens is 2. The van der Waals surface area contributed by atoms with Crippen LogP contribution in [-0.2, 0) is 14.8 Å². The molecule has 0 radical (unpaired) electrons. The summed E-state index contributed by atoms with van der Waals surface area (Å²) in [6.07, 6.45) is 0. The maximum absolute atomic E-state index is 12.6. The Morgan fingerprint density at radius 1 is 1.04 bits per heavy atom. The Morgan fingerprint density at radius 2 is 1.79 bits per heavy atom. The third-order valence-corrected chi connectivity index (χ3v) is 5.76. The van der Waals surface area contributed by atoms with Crippen LogP contribution in [0.2, 0.25) is 10.0 Å². The molecule has 2 aromatic rings. The molecule has 24 heavy (non-hydrogen) atoms. The van der Waals surface area contributed by atoms with Crippen molar-refractivity contribution in [3.63, 3.8) is 0 Å². The second kappa shape index (κ2) is 7.19. The maximum Gasteiger partial charge on any atom is 0.263 e. The molecule has 2 aromatic carbocycles. The van der Waals surface area contributed by atoms with Crippen molar-refractivity contribution < 1.29 is 13.2 Å². The summed E-state index contributed by atoms with van der Waals surface area (Å²) in [5.74, 6) is 0. The van der Waals surface area contributed by atoms with Crippen LogP contribution in [0.1, 0.15) is 0 Å². The second-order valence-electron chi connectivity index (χ2n) is 5.33. The fourth-order valence-corrected chi connectivity index (χ4v) is 4.29. The van der Waals surface area contributed by atoms with E-state index < -0.39 is 10.0 Å². The number of nitrogens with one attached hydrogen (secondary N) is 1. The summed E-state index contributed by atoms with van der Waals surface area (Å²) in [6, 6.07) is 11.6. The van der Waals surface area contributed by atoms with Gasteiger partial charge in [0.05, 0.1) is 23.9 Å². The van der Waals surface area contributed by atoms with Gasteiger partial charge in [0.25, 0.3) is 10.0 Å². The smallest absolute Gasteiger partial charge is 0.263 e. The van der Waals surface area contributed by atoms with Crippen LogP contribution in [-0.4, -0.2) is 34.7 Å². The van der Waals surface area contributed by atoms with Gasteiger partial charge in [0.2, 0.25) is 0 Å². The van der Waals surface area contributed by atoms with E-state index in [0.717, 1.165) is 18.8 Å². The number of hydrogen-bond donors (Lipinski definition) is 1. The summed E-state index contributed by atoms with van der Waals surface area (Å²) in [5.41, 5.74) is 1.41. The molecule has 128 valence electrons. The van der Waals surface area contributed by atoms with Gasteiger partial charge in [-0.25, -0.2) is 8.42 Å². The van der Waals surface area contributed by atoms with Crippen LogP contribution in [0.4, 0.5) is 11.4 Å². The lowest BCUT2D eigenvalue weighted by Crippen LogP contribution is -2.36. The Balaban J connectivity index is 1.86. The van der Waals surface area contributed by atoms with Crippen molar-refractivity contribution in [3.05, 3.63) is 52.5 Å². The third-order valence-electron chi connectivity index (χ3n) is 3.66. The Labute approximate surface area is 151 Å². The highest BCUT2D eigenvalue weighted by Crippen LogP contribution is 2.28. The van der Waals surface area contributed by atoms with Crippen LogP contribution in [0.3, 0.4) is 0 Å². The zero-order valence-corrected chi connectivity index (χ0v) is 15.0. The van der Waals surface area contributed by atoms with Crippen molar-refractivity contribution in [3.8, 4) is 0 Å². The monoisotopic (exact) mass is 386 g/mol. The van der Waals surface area contributed by atoms with Gasteiger partial charge in [-0.3, -0.25) is 4.72 Å². The summed E-state index contributed by atoms with van der Waals surface area (Å²) in [6.45, 7) is 2.87. The molecule has 1 N–H and O–H groups in total. The summed E-state index contributed by atoms with van der Waals surface area (Å²) in [5, 5.41) is 0.429. The molecule has 1 heterocycles. The number of benzene rings is 2. The molecule has 0 bridgehead atoms. The van der Waals surface area contributed by atoms with Gasteiger partial charge < -0.3 is 9.64 Å². The Kier molecular flexibility index (Phi) is 5.20. The number of morpholine rings is 1. The molecule has 0 spiro atoms. The van der Waals surface area contributed by atoms with Crippen LogP contribution in [0.25, 0.3) is 0 Å². The normalized spacial score (nSPS) is 15.3. The quantitative estimate of drug-likeness (QED) is 0.871. The molecule has 3 rings (SSSR count). The number of rotatable bonds is 4. The van der Waals surface area contributed by atoms with Gasteiger partial charge in [-0.1, -0.05) is 29.3 Å². The van der Waals surface area contributed by atoms with Crippen molar-refractivity contribution in [1.82, 2.24) is 0 Å². The van der Waals surface area contributed by atoms with Crippen LogP contribution < -0.4 is 9.62 Å². The highest BCUT2D eigenvalue weighted by Gasteiger charge is 2.19. The van der Waals surface area contributed by atoms with E-state index in [1.807, 2.05) is 12.1 Å². The maximum atomic E-state index is 12.6. The molecule has 8 heteroatoms. The van der Waals surface area contributed by atoms with Gasteiger partial charge in [-0.05, 0) is 36.4 Å². The van der Waals surface area contributed by atoms with Gasteiger partial charge in [-0.2, -0.15) is 0 Å². The number of hydrogen-bond acceptors (Lipinski definition) is 4. The number of nitrogens with zero attached hydrogens (tertiary/aromatic N) is 1. The lowest BCUT2D eigenvalue weighted by atomic mass is 10.2. The molecule has 0 unspecified atom stereocenters. The van der Waals surface area contributed by atoms with E-state index in [-0.39, 0.29) is 9.92 Å². The molecule has 1 aliphatic rings. The molecule has 0 aliphatic carbocycles. The molecule has 0 aromatic heterocycles. The van der Waals surface area contributed by atoms with Gasteiger partial charge in [0.15, 0.2) is 0 Å². The fraction of sp³-hybridized carbons (Fsp3) is 0.250. The average Bonchev–Trinajstić information content (AvgIpc) is 2.57. The first-order chi connectivity index (χ1) is 11.5. The predicted octanol–water partition coefficient (Wildman–Crippen LogP) is 3.63. The summed E-state index contributed by atoms with van der Waals surface area (Å²) >= 11 is 11.9. The molecular formula is C16H16Cl2N2O3S. The largest absolute Gasteiger partial charge is 0.378 e. The molecule has 0 saturated carbocycles. The van der Waals surface area contributed by atoms with E-state index in [9.17, 15) is 8.42 Å². The van der Waals surface area contributed by atoms with Crippen LogP contribution in [0, 0.1) is 0 Å². The van der Waals surface area contributed by atoms with Crippen molar-refractivity contribution in [2.75, 3.05) is 35.9 Å². The minimum absolute atomic E-state index is 0.0477. The van der Waals surface area contributed by atoms with Crippen molar-refractivity contribution in [2.24, 2.45) is 0 Å². The van der Waals surface area contributed by atoms with Crippen LogP contribution in [0.5, 0.6) is 0 Å². The van der Waals surface area contributed by atoms with Gasteiger partial charge in [-0.15, -0.1) is 0 Å². The molecule has 0 amide bonds. The van der Waals surface area contributed by atoms with E-state index in [2.05, 4.69) is 9.62 Å². The summed E-state index contributed by atoms with van der Waals surface area (Å²) in [7, 11) is -3.82. The SMILES string of the molecule is O=S(=O)(Nc1cccc(N2CCOCC2)c1)c1cc(Cl)ccc1Cl. The van der Waals surface area contributed by atoms with E-state index >= 15 is 0 Å². The second-order valence-corrected chi connectivity index (χ2v) is 7.82. The first-order valence-corrected chi connectivity index (χ1v) is 9.60. The molecule has 1 fully saturated rings. The Morgan fingerprint density at radius 3 is 2.54 bits per heavy atom. The Hall–Kier alpha value is -1.47. The van der Waals surface area contributed by atoms with Gasteiger partial charge >= 0.3 is 0 Å². The highest BCUT2D eigenvalue weighted by molar-refractivity contribution is 7.92. The zero-order valence-electron chi connectivity index (χ0n) is 12.7. The van der Waals surface area contributed by atoms with Crippen molar-refractivity contribution in [2.45, 2.75) is 4.90 Å². The van der Waals surface area contributed by atoms with E-state index in [1.54, 1.807) is 18.2 Å². The van der Waals surface area contributed by atoms with E-state index in [1.165, 1.54) is 12.1 Å². The van der Waals surface area contributed by atoms with Gasteiger partial charge in [0.1, 0.15) is 4.90 Å². The summed E-state index contributed by atoms with van der Waals surface area (Å²) < 4.78 is 33.0. The molecular weight excluding hydrogens is 371 g/mol. The van der Waals surface area contributed by atoms with Crippen molar-refractivity contribution >= 4 is 44.6 Å². The first-order valence-electron chi connectivity index (χ1n) is 7.36. The molecule has 1 aliphatic heterocycles. The molecule has 0 atom stereocenters. The molecule has 5 nitrogen and oxygen atoms in total. The minimum Gasteiger partial charge on any atom is -0.378 e. The number of anilines is 2. The lowest BCUT2D eigenvalue weighted by Gasteiger charge is -2.29. The minimum atomic E-state index is -3.82. The fourth-order valence-electron chi connectivity index (χ4n) is 2.48. The van der Waals surface area contributed by atoms with Gasteiger partial charge in [0, 0.05) is 23.8 Å². The highest BCUT2D eigenvalue weighted by atomic mass is 35.5. The standard InChI is InChI=1S/C16H16Cl2N2O3S/c17-12-4-5-15(18)16(10-12)24(21,22)19-13-2-1-3-14(11-13)20-6-8-23-9-7-20/h1-5,10-11,19H,6-9H2. The Bertz CT molecular complexity index is 837. The average molecular weight is 387 g/mol. The van der Waals surface area contributed by atoms with Crippen LogP contribution >= 0.6 is 23.2 Å². The van der Waals surface area contributed by atoms with Crippen LogP contribution in [0.15, 0.2) is 47.4 Å². The number of ether oxygens (including phenoxy) is 1. The predicted molar refractivity (Wildman–Crippen MR) is 96.7 cm³/mol. The molecule has 1 saturated heterocycles. The summed E-state index contributed by atoms with van der Waals surface area (Å²) in [4.78, 5) is 2.10. The number of sulfonamides is 1.